The molecule has 1 aromatic heterocycles. The maximum atomic E-state index is 11.9. The summed E-state index contributed by atoms with van der Waals surface area (Å²) in [7, 11) is 0. The number of nitrogens with zero attached hydrogens (tertiary/aromatic N) is 2. The van der Waals surface area contributed by atoms with E-state index in [2.05, 4.69) is 15.7 Å². The summed E-state index contributed by atoms with van der Waals surface area (Å²) in [6.07, 6.45) is 2.27. The van der Waals surface area contributed by atoms with Crippen LogP contribution in [-0.4, -0.2) is 29.0 Å². The Labute approximate surface area is 146 Å². The highest BCUT2D eigenvalue weighted by Crippen LogP contribution is 2.38. The Hall–Kier alpha value is -2.83. The van der Waals surface area contributed by atoms with Gasteiger partial charge in [-0.2, -0.15) is 5.10 Å². The number of hydrogen-bond acceptors (Lipinski definition) is 4. The maximum absolute atomic E-state index is 11.9. The number of amides is 2. The van der Waals surface area contributed by atoms with E-state index >= 15 is 0 Å². The van der Waals surface area contributed by atoms with Crippen molar-refractivity contribution in [1.82, 2.24) is 15.1 Å². The Kier molecular flexibility index (Phi) is 5.33. The first kappa shape index (κ1) is 17.0. The van der Waals surface area contributed by atoms with Crippen LogP contribution in [0.5, 0.6) is 5.75 Å². The molecule has 7 heteroatoms. The van der Waals surface area contributed by atoms with Crippen LogP contribution in [0.25, 0.3) is 0 Å². The highest BCUT2D eigenvalue weighted by atomic mass is 16.5. The average molecular weight is 342 g/mol. The van der Waals surface area contributed by atoms with Crippen molar-refractivity contribution in [2.45, 2.75) is 32.2 Å². The Morgan fingerprint density at radius 1 is 1.24 bits per heavy atom. The molecule has 1 fully saturated rings. The molecule has 1 aromatic carbocycles. The van der Waals surface area contributed by atoms with Crippen LogP contribution in [-0.2, 0) is 6.54 Å². The van der Waals surface area contributed by atoms with Gasteiger partial charge < -0.3 is 15.4 Å². The molecule has 7 nitrogen and oxygen atoms in total. The van der Waals surface area contributed by atoms with Crippen LogP contribution in [0, 0.1) is 0 Å². The molecule has 1 aliphatic carbocycles. The monoisotopic (exact) mass is 342 g/mol. The average Bonchev–Trinajstić information content (AvgIpc) is 3.44. The fourth-order valence-electron chi connectivity index (χ4n) is 2.47. The van der Waals surface area contributed by atoms with E-state index in [0.29, 0.717) is 31.3 Å². The van der Waals surface area contributed by atoms with Gasteiger partial charge in [-0.15, -0.1) is 0 Å². The number of carbonyl (C=O) groups is 1. The lowest BCUT2D eigenvalue weighted by Crippen LogP contribution is -2.34. The number of nitrogens with one attached hydrogen (secondary N) is 2. The van der Waals surface area contributed by atoms with E-state index in [-0.39, 0.29) is 11.6 Å². The van der Waals surface area contributed by atoms with Crippen LogP contribution in [0.4, 0.5) is 10.5 Å². The molecule has 2 amide bonds. The van der Waals surface area contributed by atoms with Gasteiger partial charge in [0.15, 0.2) is 0 Å². The lowest BCUT2D eigenvalue weighted by molar-refractivity contribution is 0.251. The van der Waals surface area contributed by atoms with Gasteiger partial charge >= 0.3 is 6.03 Å². The SMILES string of the molecule is CCOc1ccc(NC(=O)NCCn2nc(C3CC3)ccc2=O)cc1. The standard InChI is InChI=1S/C18H22N4O3/c1-2-25-15-7-5-14(6-8-15)20-18(24)19-11-12-22-17(23)10-9-16(21-22)13-3-4-13/h5-10,13H,2-4,11-12H2,1H3,(H2,19,20,24). The number of ether oxygens (including phenoxy) is 1. The van der Waals surface area contributed by atoms with E-state index in [1.54, 1.807) is 36.4 Å². The van der Waals surface area contributed by atoms with Crippen LogP contribution < -0.4 is 20.9 Å². The molecule has 3 rings (SSSR count). The lowest BCUT2D eigenvalue weighted by Gasteiger charge is -2.10. The van der Waals surface area contributed by atoms with Gasteiger partial charge in [0.2, 0.25) is 0 Å². The molecule has 0 saturated heterocycles. The van der Waals surface area contributed by atoms with Gasteiger partial charge in [0.1, 0.15) is 5.75 Å². The zero-order chi connectivity index (χ0) is 17.6. The molecule has 0 spiro atoms. The fourth-order valence-corrected chi connectivity index (χ4v) is 2.47. The van der Waals surface area contributed by atoms with Gasteiger partial charge in [-0.25, -0.2) is 9.48 Å². The summed E-state index contributed by atoms with van der Waals surface area (Å²) >= 11 is 0. The summed E-state index contributed by atoms with van der Waals surface area (Å²) < 4.78 is 6.76. The van der Waals surface area contributed by atoms with Gasteiger partial charge in [0, 0.05) is 24.2 Å². The Morgan fingerprint density at radius 3 is 2.68 bits per heavy atom. The van der Waals surface area contributed by atoms with Crippen LogP contribution in [0.15, 0.2) is 41.2 Å². The normalized spacial score (nSPS) is 13.3. The predicted molar refractivity (Wildman–Crippen MR) is 95.1 cm³/mol. The molecule has 0 bridgehead atoms. The first-order chi connectivity index (χ1) is 12.2. The van der Waals surface area contributed by atoms with Crippen molar-refractivity contribution in [1.29, 1.82) is 0 Å². The molecule has 0 atom stereocenters. The number of carbonyl (C=O) groups excluding carboxylic acids is 1. The van der Waals surface area contributed by atoms with Crippen LogP contribution in [0.3, 0.4) is 0 Å². The minimum Gasteiger partial charge on any atom is -0.494 e. The molecule has 1 saturated carbocycles. The van der Waals surface area contributed by atoms with Gasteiger partial charge in [0.05, 0.1) is 18.8 Å². The van der Waals surface area contributed by atoms with E-state index in [0.717, 1.165) is 24.3 Å². The molecular formula is C18H22N4O3. The van der Waals surface area contributed by atoms with Crippen molar-refractivity contribution < 1.29 is 9.53 Å². The number of urea groups is 1. The first-order valence-electron chi connectivity index (χ1n) is 8.51. The van der Waals surface area contributed by atoms with Crippen molar-refractivity contribution >= 4 is 11.7 Å². The van der Waals surface area contributed by atoms with Crippen LogP contribution in [0.1, 0.15) is 31.4 Å². The summed E-state index contributed by atoms with van der Waals surface area (Å²) in [5.74, 6) is 1.25. The topological polar surface area (TPSA) is 85.2 Å². The molecule has 0 unspecified atom stereocenters. The van der Waals surface area contributed by atoms with Gasteiger partial charge in [-0.05, 0) is 50.1 Å². The Balaban J connectivity index is 1.47. The first-order valence-corrected chi connectivity index (χ1v) is 8.51. The molecule has 2 aromatic rings. The van der Waals surface area contributed by atoms with E-state index in [4.69, 9.17) is 4.74 Å². The van der Waals surface area contributed by atoms with Crippen molar-refractivity contribution in [3.63, 3.8) is 0 Å². The molecular weight excluding hydrogens is 320 g/mol. The van der Waals surface area contributed by atoms with Crippen LogP contribution >= 0.6 is 0 Å². The van der Waals surface area contributed by atoms with E-state index in [1.807, 2.05) is 6.92 Å². The minimum absolute atomic E-state index is 0.155. The van der Waals surface area contributed by atoms with Crippen molar-refractivity contribution in [3.8, 4) is 5.75 Å². The van der Waals surface area contributed by atoms with Crippen molar-refractivity contribution in [3.05, 3.63) is 52.4 Å². The van der Waals surface area contributed by atoms with E-state index in [9.17, 15) is 9.59 Å². The summed E-state index contributed by atoms with van der Waals surface area (Å²) in [6.45, 7) is 3.18. The molecule has 132 valence electrons. The number of hydrogen-bond donors (Lipinski definition) is 2. The minimum atomic E-state index is -0.324. The third-order valence-corrected chi connectivity index (χ3v) is 3.92. The fraction of sp³-hybridized carbons (Fsp3) is 0.389. The lowest BCUT2D eigenvalue weighted by atomic mass is 10.3. The molecule has 1 heterocycles. The summed E-state index contributed by atoms with van der Waals surface area (Å²) in [6, 6.07) is 10.2. The second-order valence-electron chi connectivity index (χ2n) is 5.93. The molecule has 25 heavy (non-hydrogen) atoms. The molecule has 1 aliphatic rings. The smallest absolute Gasteiger partial charge is 0.319 e. The van der Waals surface area contributed by atoms with Gasteiger partial charge in [-0.1, -0.05) is 0 Å². The van der Waals surface area contributed by atoms with E-state index < -0.39 is 0 Å². The summed E-state index contributed by atoms with van der Waals surface area (Å²) in [5, 5.41) is 9.83. The van der Waals surface area contributed by atoms with Crippen molar-refractivity contribution in [2.75, 3.05) is 18.5 Å². The largest absolute Gasteiger partial charge is 0.494 e. The molecule has 0 aliphatic heterocycles. The van der Waals surface area contributed by atoms with Crippen LogP contribution in [0.2, 0.25) is 0 Å². The maximum Gasteiger partial charge on any atom is 0.319 e. The Bertz CT molecular complexity index is 782. The third kappa shape index (κ3) is 4.82. The second kappa shape index (κ2) is 7.83. The second-order valence-corrected chi connectivity index (χ2v) is 5.93. The number of aromatic nitrogens is 2. The quantitative estimate of drug-likeness (QED) is 0.809. The van der Waals surface area contributed by atoms with Crippen molar-refractivity contribution in [2.24, 2.45) is 0 Å². The summed E-state index contributed by atoms with van der Waals surface area (Å²) in [4.78, 5) is 23.7. The summed E-state index contributed by atoms with van der Waals surface area (Å²) in [5.41, 5.74) is 1.48. The van der Waals surface area contributed by atoms with Gasteiger partial charge in [0.25, 0.3) is 5.56 Å². The number of anilines is 1. The number of benzene rings is 1. The molecule has 0 radical (unpaired) electrons. The molecule has 2 N–H and O–H groups in total. The third-order valence-electron chi connectivity index (χ3n) is 3.92. The number of rotatable bonds is 7. The highest BCUT2D eigenvalue weighted by molar-refractivity contribution is 5.89. The predicted octanol–water partition coefficient (Wildman–Crippen LogP) is 2.34. The Morgan fingerprint density at radius 2 is 2.00 bits per heavy atom. The van der Waals surface area contributed by atoms with Gasteiger partial charge in [-0.3, -0.25) is 4.79 Å². The van der Waals surface area contributed by atoms with E-state index in [1.165, 1.54) is 4.68 Å². The zero-order valence-corrected chi connectivity index (χ0v) is 14.2. The highest BCUT2D eigenvalue weighted by Gasteiger charge is 2.25. The zero-order valence-electron chi connectivity index (χ0n) is 14.2.